The molecule has 5 nitrogen and oxygen atoms in total. The summed E-state index contributed by atoms with van der Waals surface area (Å²) < 4.78 is 10.5. The number of ether oxygens (including phenoxy) is 1. The van der Waals surface area contributed by atoms with E-state index < -0.39 is 0 Å². The second kappa shape index (κ2) is 5.60. The molecule has 1 heterocycles. The summed E-state index contributed by atoms with van der Waals surface area (Å²) in [4.78, 5) is 4.41. The van der Waals surface area contributed by atoms with Gasteiger partial charge in [0.05, 0.1) is 5.92 Å². The van der Waals surface area contributed by atoms with Gasteiger partial charge in [-0.15, -0.1) is 0 Å². The Bertz CT molecular complexity index is 353. The van der Waals surface area contributed by atoms with Crippen molar-refractivity contribution in [2.24, 2.45) is 5.73 Å². The Morgan fingerprint density at radius 3 is 2.88 bits per heavy atom. The van der Waals surface area contributed by atoms with Gasteiger partial charge in [-0.1, -0.05) is 24.4 Å². The largest absolute Gasteiger partial charge is 0.374 e. The van der Waals surface area contributed by atoms with Gasteiger partial charge in [0.2, 0.25) is 5.89 Å². The maximum atomic E-state index is 6.17. The van der Waals surface area contributed by atoms with Crippen LogP contribution in [0, 0.1) is 0 Å². The second-order valence-electron chi connectivity index (χ2n) is 4.78. The topological polar surface area (TPSA) is 74.2 Å². The van der Waals surface area contributed by atoms with Crippen LogP contribution in [0.15, 0.2) is 4.52 Å². The number of nitrogens with two attached hydrogens (primary N) is 1. The fourth-order valence-electron chi connectivity index (χ4n) is 2.31. The van der Waals surface area contributed by atoms with E-state index >= 15 is 0 Å². The van der Waals surface area contributed by atoms with E-state index in [1.54, 1.807) is 7.11 Å². The van der Waals surface area contributed by atoms with Gasteiger partial charge in [-0.3, -0.25) is 0 Å². The van der Waals surface area contributed by atoms with Crippen LogP contribution in [-0.4, -0.2) is 23.3 Å². The third-order valence-electron chi connectivity index (χ3n) is 3.56. The molecule has 0 bridgehead atoms. The van der Waals surface area contributed by atoms with E-state index in [0.29, 0.717) is 11.7 Å². The third kappa shape index (κ3) is 2.84. The normalized spacial score (nSPS) is 27.7. The van der Waals surface area contributed by atoms with Crippen LogP contribution in [0.3, 0.4) is 0 Å². The minimum Gasteiger partial charge on any atom is -0.374 e. The second-order valence-corrected chi connectivity index (χ2v) is 4.78. The molecule has 3 unspecified atom stereocenters. The third-order valence-corrected chi connectivity index (χ3v) is 3.56. The van der Waals surface area contributed by atoms with Crippen LogP contribution in [0.5, 0.6) is 0 Å². The molecule has 2 rings (SSSR count). The van der Waals surface area contributed by atoms with Crippen molar-refractivity contribution < 1.29 is 9.26 Å². The van der Waals surface area contributed by atoms with Crippen molar-refractivity contribution in [1.29, 1.82) is 0 Å². The molecule has 0 aromatic carbocycles. The van der Waals surface area contributed by atoms with Gasteiger partial charge in [0.15, 0.2) is 5.82 Å². The number of aromatic nitrogens is 2. The number of methoxy groups -OCH3 is 1. The average Bonchev–Trinajstić information content (AvgIpc) is 2.72. The molecule has 1 aromatic heterocycles. The number of nitrogens with zero attached hydrogens (tertiary/aromatic N) is 2. The molecule has 1 aliphatic rings. The van der Waals surface area contributed by atoms with Gasteiger partial charge in [-0.25, -0.2) is 0 Å². The predicted molar refractivity (Wildman–Crippen MR) is 63.5 cm³/mol. The highest BCUT2D eigenvalue weighted by Gasteiger charge is 2.27. The van der Waals surface area contributed by atoms with Crippen molar-refractivity contribution in [2.45, 2.75) is 57.1 Å². The van der Waals surface area contributed by atoms with Crippen LogP contribution in [0.1, 0.15) is 62.8 Å². The highest BCUT2D eigenvalue weighted by molar-refractivity contribution is 5.00. The summed E-state index contributed by atoms with van der Waals surface area (Å²) in [5.41, 5.74) is 6.17. The molecule has 2 N–H and O–H groups in total. The Balaban J connectivity index is 2.12. The molecule has 1 aromatic rings. The molecule has 0 saturated heterocycles. The summed E-state index contributed by atoms with van der Waals surface area (Å²) in [5, 5.41) is 3.96. The number of hydrogen-bond donors (Lipinski definition) is 1. The first kappa shape index (κ1) is 12.5. The summed E-state index contributed by atoms with van der Waals surface area (Å²) in [6.07, 6.45) is 5.60. The van der Waals surface area contributed by atoms with Gasteiger partial charge in [0.1, 0.15) is 6.10 Å². The Hall–Kier alpha value is -0.940. The van der Waals surface area contributed by atoms with E-state index in [1.807, 2.05) is 6.92 Å². The van der Waals surface area contributed by atoms with Crippen LogP contribution in [0.4, 0.5) is 0 Å². The standard InChI is InChI=1S/C12H21N3O2/c1-8(16-2)11-14-12(17-15-11)9-6-4-3-5-7-10(9)13/h8-10H,3-7,13H2,1-2H3. The Morgan fingerprint density at radius 2 is 2.12 bits per heavy atom. The highest BCUT2D eigenvalue weighted by Crippen LogP contribution is 2.30. The van der Waals surface area contributed by atoms with Crippen molar-refractivity contribution in [3.8, 4) is 0 Å². The van der Waals surface area contributed by atoms with Crippen molar-refractivity contribution in [3.63, 3.8) is 0 Å². The lowest BCUT2D eigenvalue weighted by molar-refractivity contribution is 0.109. The smallest absolute Gasteiger partial charge is 0.231 e. The minimum absolute atomic E-state index is 0.130. The molecule has 5 heteroatoms. The lowest BCUT2D eigenvalue weighted by atomic mass is 9.95. The maximum absolute atomic E-state index is 6.17. The molecule has 0 spiro atoms. The first-order chi connectivity index (χ1) is 8.22. The van der Waals surface area contributed by atoms with Crippen molar-refractivity contribution in [1.82, 2.24) is 10.1 Å². The van der Waals surface area contributed by atoms with Crippen LogP contribution < -0.4 is 5.73 Å². The monoisotopic (exact) mass is 239 g/mol. The van der Waals surface area contributed by atoms with E-state index in [1.165, 1.54) is 19.3 Å². The van der Waals surface area contributed by atoms with Crippen LogP contribution in [0.25, 0.3) is 0 Å². The van der Waals surface area contributed by atoms with E-state index in [9.17, 15) is 0 Å². The molecule has 3 atom stereocenters. The Labute approximate surface area is 102 Å². The number of hydrogen-bond acceptors (Lipinski definition) is 5. The molecule has 0 aliphatic heterocycles. The highest BCUT2D eigenvalue weighted by atomic mass is 16.5. The summed E-state index contributed by atoms with van der Waals surface area (Å²) in [6, 6.07) is 0.142. The fraction of sp³-hybridized carbons (Fsp3) is 0.833. The summed E-state index contributed by atoms with van der Waals surface area (Å²) in [7, 11) is 1.64. The molecule has 1 aliphatic carbocycles. The molecule has 0 amide bonds. The predicted octanol–water partition coefficient (Wildman–Crippen LogP) is 2.15. The Kier molecular flexibility index (Phi) is 4.12. The lowest BCUT2D eigenvalue weighted by Gasteiger charge is -2.16. The number of rotatable bonds is 3. The quantitative estimate of drug-likeness (QED) is 0.818. The SMILES string of the molecule is COC(C)c1noc(C2CCCCCC2N)n1. The van der Waals surface area contributed by atoms with Crippen molar-refractivity contribution in [2.75, 3.05) is 7.11 Å². The molecular formula is C12H21N3O2. The van der Waals surface area contributed by atoms with E-state index in [2.05, 4.69) is 10.1 Å². The molecule has 1 fully saturated rings. The van der Waals surface area contributed by atoms with Crippen LogP contribution in [-0.2, 0) is 4.74 Å². The maximum Gasteiger partial charge on any atom is 0.231 e. The summed E-state index contributed by atoms with van der Waals surface area (Å²) in [6.45, 7) is 1.90. The lowest BCUT2D eigenvalue weighted by Crippen LogP contribution is -2.27. The van der Waals surface area contributed by atoms with E-state index in [-0.39, 0.29) is 18.1 Å². The first-order valence-electron chi connectivity index (χ1n) is 6.34. The first-order valence-corrected chi connectivity index (χ1v) is 6.34. The van der Waals surface area contributed by atoms with Gasteiger partial charge < -0.3 is 15.0 Å². The molecule has 96 valence electrons. The van der Waals surface area contributed by atoms with Gasteiger partial charge in [-0.2, -0.15) is 4.98 Å². The van der Waals surface area contributed by atoms with Gasteiger partial charge in [0.25, 0.3) is 0 Å². The molecule has 0 radical (unpaired) electrons. The van der Waals surface area contributed by atoms with E-state index in [4.69, 9.17) is 15.0 Å². The van der Waals surface area contributed by atoms with Crippen LogP contribution >= 0.6 is 0 Å². The zero-order valence-electron chi connectivity index (χ0n) is 10.6. The zero-order chi connectivity index (χ0) is 12.3. The summed E-state index contributed by atoms with van der Waals surface area (Å²) >= 11 is 0. The van der Waals surface area contributed by atoms with Crippen molar-refractivity contribution in [3.05, 3.63) is 11.7 Å². The van der Waals surface area contributed by atoms with Gasteiger partial charge in [0, 0.05) is 13.2 Å². The summed E-state index contributed by atoms with van der Waals surface area (Å²) in [5.74, 6) is 1.50. The average molecular weight is 239 g/mol. The van der Waals surface area contributed by atoms with Crippen molar-refractivity contribution >= 4 is 0 Å². The fourth-order valence-corrected chi connectivity index (χ4v) is 2.31. The minimum atomic E-state index is -0.130. The Morgan fingerprint density at radius 1 is 1.35 bits per heavy atom. The molecular weight excluding hydrogens is 218 g/mol. The molecule has 1 saturated carbocycles. The van der Waals surface area contributed by atoms with E-state index in [0.717, 1.165) is 12.8 Å². The van der Waals surface area contributed by atoms with Gasteiger partial charge in [-0.05, 0) is 19.8 Å². The van der Waals surface area contributed by atoms with Crippen LogP contribution in [0.2, 0.25) is 0 Å². The zero-order valence-corrected chi connectivity index (χ0v) is 10.6. The van der Waals surface area contributed by atoms with Gasteiger partial charge >= 0.3 is 0 Å². The molecule has 17 heavy (non-hydrogen) atoms.